The van der Waals surface area contributed by atoms with Gasteiger partial charge in [-0.25, -0.2) is 0 Å². The largest absolute Gasteiger partial charge is 0.385 e. The maximum Gasteiger partial charge on any atom is 0.257 e. The Balaban J connectivity index is 2.88. The monoisotopic (exact) mass is 155 g/mol. The molecule has 0 aromatic rings. The van der Waals surface area contributed by atoms with E-state index in [0.29, 0.717) is 0 Å². The summed E-state index contributed by atoms with van der Waals surface area (Å²) < 4.78 is 0. The molecule has 1 atom stereocenters. The van der Waals surface area contributed by atoms with Crippen molar-refractivity contribution in [3.63, 3.8) is 0 Å². The fourth-order valence-electron chi connectivity index (χ4n) is 0.928. The molecule has 5 N–H and O–H groups in total. The van der Waals surface area contributed by atoms with Gasteiger partial charge in [-0.2, -0.15) is 0 Å². The standard InChI is InChI=1S/C5H9N5O/c1-10-2(3(6)7)4(11)9-5(10)8/h2H,1H3,(H3,6,7)(H2,8,9,11). The van der Waals surface area contributed by atoms with E-state index >= 15 is 0 Å². The highest BCUT2D eigenvalue weighted by Crippen LogP contribution is 2.02. The molecule has 60 valence electrons. The Bertz CT molecular complexity index is 235. The van der Waals surface area contributed by atoms with Crippen LogP contribution in [-0.2, 0) is 4.79 Å². The predicted molar refractivity (Wildman–Crippen MR) is 39.3 cm³/mol. The number of nitrogens with zero attached hydrogens (tertiary/aromatic N) is 1. The highest BCUT2D eigenvalue weighted by Gasteiger charge is 2.35. The lowest BCUT2D eigenvalue weighted by atomic mass is 10.2. The van der Waals surface area contributed by atoms with Gasteiger partial charge in [0.15, 0.2) is 12.0 Å². The molecule has 6 heteroatoms. The van der Waals surface area contributed by atoms with Gasteiger partial charge in [-0.3, -0.25) is 20.9 Å². The van der Waals surface area contributed by atoms with Gasteiger partial charge in [0, 0.05) is 7.05 Å². The van der Waals surface area contributed by atoms with Crippen molar-refractivity contribution < 1.29 is 4.79 Å². The summed E-state index contributed by atoms with van der Waals surface area (Å²) in [7, 11) is 1.53. The van der Waals surface area contributed by atoms with Gasteiger partial charge in [0.05, 0.1) is 0 Å². The number of likely N-dealkylation sites (N-methyl/N-ethyl adjacent to an activating group) is 1. The lowest BCUT2D eigenvalue weighted by Crippen LogP contribution is -2.42. The van der Waals surface area contributed by atoms with Crippen molar-refractivity contribution in [3.05, 3.63) is 0 Å². The first-order valence-corrected chi connectivity index (χ1v) is 3.00. The Hall–Kier alpha value is -1.59. The van der Waals surface area contributed by atoms with Crippen LogP contribution >= 0.6 is 0 Å². The van der Waals surface area contributed by atoms with Crippen LogP contribution in [0.5, 0.6) is 0 Å². The van der Waals surface area contributed by atoms with Crippen LogP contribution in [-0.4, -0.2) is 35.7 Å². The second-order valence-electron chi connectivity index (χ2n) is 2.31. The molecule has 0 saturated carbocycles. The number of carbonyl (C=O) groups excluding carboxylic acids is 1. The van der Waals surface area contributed by atoms with Crippen molar-refractivity contribution in [2.24, 2.45) is 5.73 Å². The molecule has 1 saturated heterocycles. The summed E-state index contributed by atoms with van der Waals surface area (Å²) in [6.07, 6.45) is 0. The van der Waals surface area contributed by atoms with E-state index in [1.165, 1.54) is 11.9 Å². The average Bonchev–Trinajstić information content (AvgIpc) is 2.07. The van der Waals surface area contributed by atoms with Crippen LogP contribution in [0, 0.1) is 10.8 Å². The number of guanidine groups is 1. The zero-order valence-corrected chi connectivity index (χ0v) is 6.01. The molecule has 0 aromatic heterocycles. The topological polar surface area (TPSA) is 106 Å². The molecule has 1 aliphatic heterocycles. The highest BCUT2D eigenvalue weighted by molar-refractivity contribution is 6.16. The fraction of sp³-hybridized carbons (Fsp3) is 0.400. The Kier molecular flexibility index (Phi) is 1.52. The predicted octanol–water partition coefficient (Wildman–Crippen LogP) is -1.71. The van der Waals surface area contributed by atoms with Crippen molar-refractivity contribution in [3.8, 4) is 0 Å². The number of nitrogens with one attached hydrogen (secondary N) is 3. The summed E-state index contributed by atoms with van der Waals surface area (Å²) in [5, 5.41) is 16.4. The minimum Gasteiger partial charge on any atom is -0.385 e. The van der Waals surface area contributed by atoms with Crippen molar-refractivity contribution in [1.82, 2.24) is 10.2 Å². The normalized spacial score (nSPS) is 23.7. The van der Waals surface area contributed by atoms with Crippen molar-refractivity contribution in [1.29, 1.82) is 10.8 Å². The van der Waals surface area contributed by atoms with E-state index in [-0.39, 0.29) is 11.8 Å². The zero-order chi connectivity index (χ0) is 8.59. The lowest BCUT2D eigenvalue weighted by molar-refractivity contribution is -0.119. The SMILES string of the molecule is CN1C(=N)NC(=O)C1C(=N)N. The first kappa shape index (κ1) is 7.52. The Morgan fingerprint density at radius 3 is 2.55 bits per heavy atom. The minimum atomic E-state index is -0.803. The van der Waals surface area contributed by atoms with Crippen LogP contribution < -0.4 is 11.1 Å². The summed E-state index contributed by atoms with van der Waals surface area (Å²) in [4.78, 5) is 12.2. The number of nitrogens with two attached hydrogens (primary N) is 1. The maximum absolute atomic E-state index is 10.9. The summed E-state index contributed by atoms with van der Waals surface area (Å²) in [6, 6.07) is -0.803. The van der Waals surface area contributed by atoms with E-state index in [0.717, 1.165) is 0 Å². The molecular formula is C5H9N5O. The molecule has 6 nitrogen and oxygen atoms in total. The summed E-state index contributed by atoms with van der Waals surface area (Å²) in [5.74, 6) is -0.674. The number of carbonyl (C=O) groups is 1. The third-order valence-corrected chi connectivity index (χ3v) is 1.52. The maximum atomic E-state index is 10.9. The molecule has 0 bridgehead atoms. The molecule has 0 radical (unpaired) electrons. The molecule has 1 rings (SSSR count). The van der Waals surface area contributed by atoms with Gasteiger partial charge in [0.2, 0.25) is 0 Å². The van der Waals surface area contributed by atoms with Crippen molar-refractivity contribution in [2.45, 2.75) is 6.04 Å². The van der Waals surface area contributed by atoms with E-state index in [1.807, 2.05) is 0 Å². The van der Waals surface area contributed by atoms with Crippen LogP contribution in [0.1, 0.15) is 0 Å². The van der Waals surface area contributed by atoms with E-state index in [9.17, 15) is 4.79 Å². The summed E-state index contributed by atoms with van der Waals surface area (Å²) in [5.41, 5.74) is 5.12. The quantitative estimate of drug-likeness (QED) is 0.267. The van der Waals surface area contributed by atoms with E-state index in [1.54, 1.807) is 0 Å². The molecule has 11 heavy (non-hydrogen) atoms. The van der Waals surface area contributed by atoms with Crippen LogP contribution in [0.3, 0.4) is 0 Å². The van der Waals surface area contributed by atoms with Gasteiger partial charge in [0.25, 0.3) is 5.91 Å². The average molecular weight is 155 g/mol. The molecule has 1 unspecified atom stereocenters. The van der Waals surface area contributed by atoms with Crippen LogP contribution in [0.4, 0.5) is 0 Å². The summed E-state index contributed by atoms with van der Waals surface area (Å²) >= 11 is 0. The molecule has 1 amide bonds. The molecule has 0 aromatic carbocycles. The van der Waals surface area contributed by atoms with Crippen molar-refractivity contribution >= 4 is 17.7 Å². The van der Waals surface area contributed by atoms with Gasteiger partial charge in [-0.15, -0.1) is 0 Å². The zero-order valence-electron chi connectivity index (χ0n) is 6.01. The van der Waals surface area contributed by atoms with Gasteiger partial charge >= 0.3 is 0 Å². The van der Waals surface area contributed by atoms with E-state index < -0.39 is 11.9 Å². The van der Waals surface area contributed by atoms with E-state index in [2.05, 4.69) is 5.32 Å². The Labute approximate surface area is 63.4 Å². The van der Waals surface area contributed by atoms with Gasteiger partial charge in [-0.1, -0.05) is 0 Å². The number of hydrogen-bond donors (Lipinski definition) is 4. The third kappa shape index (κ3) is 1.02. The highest BCUT2D eigenvalue weighted by atomic mass is 16.2. The molecule has 0 spiro atoms. The third-order valence-electron chi connectivity index (χ3n) is 1.52. The van der Waals surface area contributed by atoms with Crippen LogP contribution in [0.2, 0.25) is 0 Å². The van der Waals surface area contributed by atoms with Gasteiger partial charge in [0.1, 0.15) is 5.84 Å². The van der Waals surface area contributed by atoms with E-state index in [4.69, 9.17) is 16.6 Å². The molecule has 1 fully saturated rings. The first-order chi connectivity index (χ1) is 5.04. The minimum absolute atomic E-state index is 0.0183. The smallest absolute Gasteiger partial charge is 0.257 e. The molecular weight excluding hydrogens is 146 g/mol. The second-order valence-corrected chi connectivity index (χ2v) is 2.31. The number of hydrogen-bond acceptors (Lipinski definition) is 3. The number of amides is 1. The van der Waals surface area contributed by atoms with Crippen LogP contribution in [0.15, 0.2) is 0 Å². The Morgan fingerprint density at radius 1 is 1.82 bits per heavy atom. The van der Waals surface area contributed by atoms with Gasteiger partial charge in [-0.05, 0) is 0 Å². The first-order valence-electron chi connectivity index (χ1n) is 3.00. The fourth-order valence-corrected chi connectivity index (χ4v) is 0.928. The molecule has 0 aliphatic carbocycles. The Morgan fingerprint density at radius 2 is 2.36 bits per heavy atom. The van der Waals surface area contributed by atoms with Crippen LogP contribution in [0.25, 0.3) is 0 Å². The molecule has 1 aliphatic rings. The molecule has 1 heterocycles. The summed E-state index contributed by atoms with van der Waals surface area (Å²) in [6.45, 7) is 0. The second kappa shape index (κ2) is 2.22. The lowest BCUT2D eigenvalue weighted by Gasteiger charge is -2.15. The van der Waals surface area contributed by atoms with Gasteiger partial charge < -0.3 is 10.6 Å². The number of rotatable bonds is 1. The number of amidine groups is 1. The van der Waals surface area contributed by atoms with Crippen molar-refractivity contribution in [2.75, 3.05) is 7.05 Å².